The summed E-state index contributed by atoms with van der Waals surface area (Å²) in [5.41, 5.74) is 1.24. The Kier molecular flexibility index (Phi) is 5.94. The van der Waals surface area contributed by atoms with Crippen LogP contribution in [0.5, 0.6) is 0 Å². The average Bonchev–Trinajstić information content (AvgIpc) is 3.08. The van der Waals surface area contributed by atoms with E-state index in [1.807, 2.05) is 0 Å². The van der Waals surface area contributed by atoms with Crippen LogP contribution in [-0.4, -0.2) is 34.3 Å². The third-order valence-corrected chi connectivity index (χ3v) is 6.29. The molecule has 0 spiro atoms. The van der Waals surface area contributed by atoms with Crippen LogP contribution in [0.25, 0.3) is 0 Å². The van der Waals surface area contributed by atoms with E-state index >= 15 is 0 Å². The topological polar surface area (TPSA) is 83.6 Å². The summed E-state index contributed by atoms with van der Waals surface area (Å²) in [7, 11) is 0. The van der Waals surface area contributed by atoms with Gasteiger partial charge in [-0.1, -0.05) is 40.2 Å². The van der Waals surface area contributed by atoms with E-state index in [2.05, 4.69) is 21.2 Å². The van der Waals surface area contributed by atoms with Crippen LogP contribution >= 0.6 is 15.9 Å². The fraction of sp³-hybridized carbons (Fsp3) is 0.304. The summed E-state index contributed by atoms with van der Waals surface area (Å²) in [6.45, 7) is 0.0683. The molecule has 4 rings (SSSR count). The summed E-state index contributed by atoms with van der Waals surface area (Å²) in [5.74, 6) is -5.78. The Hall–Kier alpha value is -2.94. The molecule has 0 bridgehead atoms. The second kappa shape index (κ2) is 8.54. The molecular formula is C23H19BrF2N2O4. The molecule has 1 aliphatic carbocycles. The molecule has 32 heavy (non-hydrogen) atoms. The zero-order valence-corrected chi connectivity index (χ0v) is 18.5. The van der Waals surface area contributed by atoms with Gasteiger partial charge in [0.2, 0.25) is 0 Å². The van der Waals surface area contributed by atoms with Gasteiger partial charge < -0.3 is 10.2 Å². The maximum atomic E-state index is 14.4. The number of nitrogens with one attached hydrogen (secondary N) is 1. The number of alkyl halides is 2. The van der Waals surface area contributed by atoms with E-state index in [1.165, 1.54) is 29.2 Å². The van der Waals surface area contributed by atoms with Crippen LogP contribution in [-0.2, 0) is 33.4 Å². The van der Waals surface area contributed by atoms with Gasteiger partial charge in [0.15, 0.2) is 5.78 Å². The van der Waals surface area contributed by atoms with Gasteiger partial charge in [0.1, 0.15) is 5.78 Å². The van der Waals surface area contributed by atoms with Crippen LogP contribution in [0, 0.1) is 0 Å². The maximum absolute atomic E-state index is 14.4. The number of benzene rings is 2. The lowest BCUT2D eigenvalue weighted by Gasteiger charge is -2.29. The van der Waals surface area contributed by atoms with E-state index in [-0.39, 0.29) is 43.4 Å². The molecule has 1 heterocycles. The molecule has 9 heteroatoms. The van der Waals surface area contributed by atoms with Gasteiger partial charge in [-0.05, 0) is 35.7 Å². The van der Waals surface area contributed by atoms with Crippen molar-refractivity contribution in [3.63, 3.8) is 0 Å². The van der Waals surface area contributed by atoms with Crippen molar-refractivity contribution in [2.24, 2.45) is 0 Å². The highest BCUT2D eigenvalue weighted by Gasteiger charge is 2.41. The van der Waals surface area contributed by atoms with Gasteiger partial charge in [0, 0.05) is 35.1 Å². The van der Waals surface area contributed by atoms with Gasteiger partial charge >= 0.3 is 5.92 Å². The average molecular weight is 505 g/mol. The molecule has 2 aliphatic rings. The minimum atomic E-state index is -3.69. The predicted molar refractivity (Wildman–Crippen MR) is 114 cm³/mol. The number of carbonyl (C=O) groups excluding carboxylic acids is 4. The molecule has 2 aromatic carbocycles. The van der Waals surface area contributed by atoms with Crippen molar-refractivity contribution in [2.45, 2.75) is 44.3 Å². The molecule has 1 saturated carbocycles. The highest BCUT2D eigenvalue weighted by molar-refractivity contribution is 9.10. The third-order valence-electron chi connectivity index (χ3n) is 5.76. The van der Waals surface area contributed by atoms with Crippen molar-refractivity contribution in [3.05, 3.63) is 69.2 Å². The van der Waals surface area contributed by atoms with Crippen molar-refractivity contribution in [1.82, 2.24) is 10.2 Å². The Morgan fingerprint density at radius 3 is 2.53 bits per heavy atom. The van der Waals surface area contributed by atoms with Crippen LogP contribution < -0.4 is 5.32 Å². The molecule has 1 fully saturated rings. The van der Waals surface area contributed by atoms with Crippen molar-refractivity contribution in [3.8, 4) is 0 Å². The normalized spacial score (nSPS) is 18.7. The lowest BCUT2D eigenvalue weighted by atomic mass is 9.92. The molecule has 166 valence electrons. The summed E-state index contributed by atoms with van der Waals surface area (Å²) >= 11 is 3.17. The van der Waals surface area contributed by atoms with E-state index < -0.39 is 23.4 Å². The lowest BCUT2D eigenvalue weighted by molar-refractivity contribution is -0.147. The van der Waals surface area contributed by atoms with Crippen molar-refractivity contribution < 1.29 is 28.0 Å². The first-order valence-electron chi connectivity index (χ1n) is 10.1. The first-order valence-corrected chi connectivity index (χ1v) is 10.9. The van der Waals surface area contributed by atoms with E-state index in [4.69, 9.17) is 0 Å². The van der Waals surface area contributed by atoms with Crippen LogP contribution in [0.4, 0.5) is 8.78 Å². The number of hydrogen-bond donors (Lipinski definition) is 1. The number of halogens is 3. The zero-order chi connectivity index (χ0) is 23.0. The Bertz CT molecular complexity index is 1120. The summed E-state index contributed by atoms with van der Waals surface area (Å²) < 4.78 is 29.5. The molecule has 1 atom stereocenters. The highest BCUT2D eigenvalue weighted by atomic mass is 79.9. The Balaban J connectivity index is 1.43. The molecule has 2 aromatic rings. The number of fused-ring (bicyclic) bond motifs is 1. The number of Topliss-reactive ketones (excluding diaryl/α,β-unsaturated/α-hetero) is 2. The highest BCUT2D eigenvalue weighted by Crippen LogP contribution is 2.31. The molecule has 6 nitrogen and oxygen atoms in total. The molecular weight excluding hydrogens is 486 g/mol. The lowest BCUT2D eigenvalue weighted by Crippen LogP contribution is -2.44. The number of rotatable bonds is 5. The smallest absolute Gasteiger partial charge is 0.346 e. The Labute approximate surface area is 191 Å². The summed E-state index contributed by atoms with van der Waals surface area (Å²) in [6.07, 6.45) is 0.417. The van der Waals surface area contributed by atoms with Gasteiger partial charge in [-0.3, -0.25) is 19.2 Å². The second-order valence-electron chi connectivity index (χ2n) is 7.92. The fourth-order valence-electron chi connectivity index (χ4n) is 4.03. The van der Waals surface area contributed by atoms with Gasteiger partial charge in [0.05, 0.1) is 12.5 Å². The minimum Gasteiger partial charge on any atom is -0.346 e. The summed E-state index contributed by atoms with van der Waals surface area (Å²) in [6, 6.07) is 9.44. The van der Waals surface area contributed by atoms with Crippen LogP contribution in [0.3, 0.4) is 0 Å². The number of ketones is 2. The van der Waals surface area contributed by atoms with Crippen LogP contribution in [0.1, 0.15) is 46.3 Å². The van der Waals surface area contributed by atoms with Gasteiger partial charge in [0.25, 0.3) is 11.8 Å². The fourth-order valence-corrected chi connectivity index (χ4v) is 4.30. The van der Waals surface area contributed by atoms with Crippen LogP contribution in [0.2, 0.25) is 0 Å². The number of carbonyl (C=O) groups is 4. The third kappa shape index (κ3) is 4.21. The number of nitrogens with zero attached hydrogens (tertiary/aromatic N) is 1. The van der Waals surface area contributed by atoms with E-state index in [0.717, 1.165) is 0 Å². The van der Waals surface area contributed by atoms with E-state index in [1.54, 1.807) is 18.2 Å². The van der Waals surface area contributed by atoms with E-state index in [9.17, 15) is 28.0 Å². The first kappa shape index (κ1) is 22.3. The van der Waals surface area contributed by atoms with Crippen molar-refractivity contribution >= 4 is 39.3 Å². The molecule has 1 N–H and O–H groups in total. The first-order chi connectivity index (χ1) is 15.2. The standard InChI is InChI=1S/C23H19BrF2N2O4/c24-16-4-2-15(3-5-16)23(25,26)22(32)27-11-13-1-7-18-14(9-13)12-28(21(18)31)19-8-6-17(29)10-20(19)30/h1-5,7,9,19H,6,8,10-12H2,(H,27,32). The SMILES string of the molecule is O=C1CCC(N2Cc3cc(CNC(=O)C(F)(F)c4ccc(Br)cc4)ccc3C2=O)C(=O)C1. The maximum Gasteiger partial charge on any atom is 0.349 e. The van der Waals surface area contributed by atoms with Gasteiger partial charge in [-0.25, -0.2) is 0 Å². The Morgan fingerprint density at radius 2 is 1.84 bits per heavy atom. The molecule has 0 radical (unpaired) electrons. The zero-order valence-electron chi connectivity index (χ0n) is 16.9. The number of hydrogen-bond acceptors (Lipinski definition) is 4. The monoisotopic (exact) mass is 504 g/mol. The Morgan fingerprint density at radius 1 is 1.12 bits per heavy atom. The largest absolute Gasteiger partial charge is 0.349 e. The molecule has 0 saturated heterocycles. The molecule has 2 amide bonds. The number of amides is 2. The second-order valence-corrected chi connectivity index (χ2v) is 8.84. The molecule has 1 aliphatic heterocycles. The van der Waals surface area contributed by atoms with Gasteiger partial charge in [-0.15, -0.1) is 0 Å². The molecule has 1 unspecified atom stereocenters. The van der Waals surface area contributed by atoms with Crippen molar-refractivity contribution in [2.75, 3.05) is 0 Å². The van der Waals surface area contributed by atoms with Gasteiger partial charge in [-0.2, -0.15) is 8.78 Å². The van der Waals surface area contributed by atoms with Crippen LogP contribution in [0.15, 0.2) is 46.9 Å². The summed E-state index contributed by atoms with van der Waals surface area (Å²) in [5, 5.41) is 2.25. The summed E-state index contributed by atoms with van der Waals surface area (Å²) in [4.78, 5) is 50.0. The van der Waals surface area contributed by atoms with E-state index in [0.29, 0.717) is 27.6 Å². The quantitative estimate of drug-likeness (QED) is 0.631. The minimum absolute atomic E-state index is 0.117. The predicted octanol–water partition coefficient (Wildman–Crippen LogP) is 3.50. The van der Waals surface area contributed by atoms with Crippen molar-refractivity contribution in [1.29, 1.82) is 0 Å². The molecule has 0 aromatic heterocycles.